The monoisotopic (exact) mass is 705 g/mol. The van der Waals surface area contributed by atoms with Crippen LogP contribution in [0.3, 0.4) is 0 Å². The van der Waals surface area contributed by atoms with Crippen molar-refractivity contribution in [3.05, 3.63) is 212 Å². The molecule has 0 atom stereocenters. The summed E-state index contributed by atoms with van der Waals surface area (Å²) in [6, 6.07) is 74.7. The summed E-state index contributed by atoms with van der Waals surface area (Å²) in [5.74, 6) is 1.61. The maximum absolute atomic E-state index is 4.66. The summed E-state index contributed by atoms with van der Waals surface area (Å²) in [5.41, 5.74) is 12.0. The van der Waals surface area contributed by atoms with Gasteiger partial charge in [0, 0.05) is 50.3 Å². The normalized spacial score (nSPS) is 11.3. The van der Waals surface area contributed by atoms with Crippen LogP contribution in [0.25, 0.3) is 67.1 Å². The first-order valence-corrected chi connectivity index (χ1v) is 18.5. The highest BCUT2D eigenvalue weighted by molar-refractivity contribution is 6.09. The van der Waals surface area contributed by atoms with Gasteiger partial charge in [0.1, 0.15) is 0 Å². The molecule has 260 valence electrons. The first-order chi connectivity index (χ1) is 27.3. The van der Waals surface area contributed by atoms with Gasteiger partial charge in [0.25, 0.3) is 0 Å². The Morgan fingerprint density at radius 3 is 1.33 bits per heavy atom. The predicted octanol–water partition coefficient (Wildman–Crippen LogP) is 12.8. The Hall–Kier alpha value is -7.50. The van der Waals surface area contributed by atoms with Crippen molar-refractivity contribution in [2.24, 2.45) is 0 Å². The fourth-order valence-electron chi connectivity index (χ4n) is 7.68. The van der Waals surface area contributed by atoms with E-state index < -0.39 is 0 Å². The van der Waals surface area contributed by atoms with Gasteiger partial charge in [-0.05, 0) is 83.9 Å². The minimum absolute atomic E-state index is 0.803. The van der Waals surface area contributed by atoms with Crippen LogP contribution in [0.15, 0.2) is 212 Å². The number of rotatable bonds is 8. The second-order valence-electron chi connectivity index (χ2n) is 13.6. The number of anilines is 3. The molecule has 0 aliphatic carbocycles. The molecular formula is C50H35N5. The van der Waals surface area contributed by atoms with Gasteiger partial charge in [0.15, 0.2) is 11.6 Å². The molecular weight excluding hydrogens is 671 g/mol. The molecule has 0 N–H and O–H groups in total. The Labute approximate surface area is 319 Å². The van der Waals surface area contributed by atoms with E-state index in [-0.39, 0.29) is 0 Å². The minimum Gasteiger partial charge on any atom is -0.310 e. The number of hydrogen-bond donors (Lipinski definition) is 0. The zero-order valence-electron chi connectivity index (χ0n) is 29.9. The molecule has 0 fully saturated rings. The molecule has 2 heterocycles. The number of fused-ring (bicyclic) bond motifs is 3. The molecule has 55 heavy (non-hydrogen) atoms. The fraction of sp³-hybridized carbons (Fsp3) is 0. The van der Waals surface area contributed by atoms with E-state index in [1.54, 1.807) is 0 Å². The van der Waals surface area contributed by atoms with Gasteiger partial charge < -0.3 is 9.47 Å². The summed E-state index contributed by atoms with van der Waals surface area (Å²) >= 11 is 0. The Kier molecular flexibility index (Phi) is 8.08. The molecule has 0 aliphatic heterocycles. The maximum atomic E-state index is 4.66. The molecule has 10 aromatic rings. The van der Waals surface area contributed by atoms with E-state index in [1.807, 2.05) is 36.4 Å². The topological polar surface area (TPSA) is 38.9 Å². The number of benzene rings is 8. The number of nitrogens with zero attached hydrogens (tertiary/aromatic N) is 5. The van der Waals surface area contributed by atoms with Gasteiger partial charge in [-0.3, -0.25) is 4.57 Å². The maximum Gasteiger partial charge on any atom is 0.168 e. The van der Waals surface area contributed by atoms with Gasteiger partial charge >= 0.3 is 0 Å². The molecule has 0 spiro atoms. The second-order valence-corrected chi connectivity index (χ2v) is 13.6. The van der Waals surface area contributed by atoms with Crippen LogP contribution in [0, 0.1) is 0 Å². The summed E-state index contributed by atoms with van der Waals surface area (Å²) in [7, 11) is 0. The predicted molar refractivity (Wildman–Crippen MR) is 227 cm³/mol. The van der Waals surface area contributed by atoms with Crippen LogP contribution < -0.4 is 4.90 Å². The van der Waals surface area contributed by atoms with Crippen LogP contribution in [0.2, 0.25) is 0 Å². The lowest BCUT2D eigenvalue weighted by atomic mass is 10.0. The van der Waals surface area contributed by atoms with E-state index >= 15 is 0 Å². The second kappa shape index (κ2) is 13.8. The van der Waals surface area contributed by atoms with Crippen LogP contribution in [0.1, 0.15) is 0 Å². The van der Waals surface area contributed by atoms with Crippen molar-refractivity contribution in [2.45, 2.75) is 0 Å². The van der Waals surface area contributed by atoms with Crippen molar-refractivity contribution in [3.8, 4) is 45.3 Å². The largest absolute Gasteiger partial charge is 0.310 e. The van der Waals surface area contributed by atoms with Crippen LogP contribution in [0.4, 0.5) is 17.1 Å². The van der Waals surface area contributed by atoms with E-state index in [1.165, 1.54) is 21.8 Å². The zero-order chi connectivity index (χ0) is 36.6. The summed E-state index contributed by atoms with van der Waals surface area (Å²) < 4.78 is 4.50. The van der Waals surface area contributed by atoms with Gasteiger partial charge in [-0.15, -0.1) is 10.2 Å². The fourth-order valence-corrected chi connectivity index (χ4v) is 7.68. The molecule has 0 radical (unpaired) electrons. The first-order valence-electron chi connectivity index (χ1n) is 18.5. The summed E-state index contributed by atoms with van der Waals surface area (Å²) in [4.78, 5) is 2.32. The van der Waals surface area contributed by atoms with Crippen molar-refractivity contribution in [1.82, 2.24) is 19.3 Å². The molecule has 0 saturated carbocycles. The lowest BCUT2D eigenvalue weighted by molar-refractivity contribution is 1.07. The first kappa shape index (κ1) is 32.2. The van der Waals surface area contributed by atoms with Gasteiger partial charge in [-0.2, -0.15) is 0 Å². The van der Waals surface area contributed by atoms with Crippen molar-refractivity contribution < 1.29 is 0 Å². The zero-order valence-corrected chi connectivity index (χ0v) is 29.9. The van der Waals surface area contributed by atoms with Crippen LogP contribution in [-0.4, -0.2) is 19.3 Å². The van der Waals surface area contributed by atoms with Crippen molar-refractivity contribution in [3.63, 3.8) is 0 Å². The Morgan fingerprint density at radius 2 is 0.745 bits per heavy atom. The molecule has 0 amide bonds. The molecule has 0 bridgehead atoms. The highest BCUT2D eigenvalue weighted by Crippen LogP contribution is 2.39. The summed E-state index contributed by atoms with van der Waals surface area (Å²) in [6.07, 6.45) is 0. The average molecular weight is 706 g/mol. The lowest BCUT2D eigenvalue weighted by Crippen LogP contribution is -2.10. The Bertz CT molecular complexity index is 2780. The van der Waals surface area contributed by atoms with Gasteiger partial charge in [-0.25, -0.2) is 0 Å². The SMILES string of the molecule is c1ccc(-c2nnc(-c3ccccc3)n2-c2ccc(-c3cccc(N(c4ccccc4)c4ccc(-n5c6ccccc6c6ccccc65)cc4)c3)cc2)cc1. The highest BCUT2D eigenvalue weighted by atomic mass is 15.3. The third kappa shape index (κ3) is 5.85. The van der Waals surface area contributed by atoms with E-state index in [9.17, 15) is 0 Å². The van der Waals surface area contributed by atoms with Gasteiger partial charge in [0.05, 0.1) is 11.0 Å². The molecule has 0 saturated heterocycles. The highest BCUT2D eigenvalue weighted by Gasteiger charge is 2.19. The third-order valence-corrected chi connectivity index (χ3v) is 10.3. The Morgan fingerprint density at radius 1 is 0.309 bits per heavy atom. The smallest absolute Gasteiger partial charge is 0.168 e. The van der Waals surface area contributed by atoms with Crippen molar-refractivity contribution in [1.29, 1.82) is 0 Å². The Balaban J connectivity index is 1.02. The van der Waals surface area contributed by atoms with Gasteiger partial charge in [0.2, 0.25) is 0 Å². The molecule has 0 aliphatic rings. The van der Waals surface area contributed by atoms with Crippen LogP contribution >= 0.6 is 0 Å². The van der Waals surface area contributed by atoms with E-state index in [4.69, 9.17) is 0 Å². The quantitative estimate of drug-likeness (QED) is 0.158. The number of hydrogen-bond acceptors (Lipinski definition) is 3. The summed E-state index contributed by atoms with van der Waals surface area (Å²) in [5, 5.41) is 11.8. The van der Waals surface area contributed by atoms with Crippen LogP contribution in [-0.2, 0) is 0 Å². The molecule has 5 nitrogen and oxygen atoms in total. The van der Waals surface area contributed by atoms with Gasteiger partial charge in [-0.1, -0.05) is 140 Å². The average Bonchev–Trinajstić information content (AvgIpc) is 3.86. The lowest BCUT2D eigenvalue weighted by Gasteiger charge is -2.26. The van der Waals surface area contributed by atoms with E-state index in [0.29, 0.717) is 0 Å². The molecule has 8 aromatic carbocycles. The molecule has 5 heteroatoms. The molecule has 2 aromatic heterocycles. The van der Waals surface area contributed by atoms with Crippen molar-refractivity contribution >= 4 is 38.9 Å². The van der Waals surface area contributed by atoms with E-state index in [0.717, 1.165) is 62.3 Å². The standard InChI is InChI=1S/C50H35N5/c1-4-15-37(16-5-1)49-51-52-50(38-17-6-2-7-18-38)55(49)43-29-27-36(28-30-43)39-19-14-22-44(35-39)53(40-20-8-3-9-21-40)41-31-33-42(34-32-41)54-47-25-12-10-23-45(47)46-24-11-13-26-48(46)54/h1-35H. The summed E-state index contributed by atoms with van der Waals surface area (Å²) in [6.45, 7) is 0. The van der Waals surface area contributed by atoms with Crippen molar-refractivity contribution in [2.75, 3.05) is 4.90 Å². The number of aromatic nitrogens is 4. The molecule has 10 rings (SSSR count). The minimum atomic E-state index is 0.803. The van der Waals surface area contributed by atoms with Crippen LogP contribution in [0.5, 0.6) is 0 Å². The third-order valence-electron chi connectivity index (χ3n) is 10.3. The number of para-hydroxylation sites is 3. The molecule has 0 unspecified atom stereocenters. The van der Waals surface area contributed by atoms with E-state index in [2.05, 4.69) is 200 Å².